The third-order valence-electron chi connectivity index (χ3n) is 4.24. The first-order valence-corrected chi connectivity index (χ1v) is 6.63. The highest BCUT2D eigenvalue weighted by atomic mass is 15.3. The predicted octanol–water partition coefficient (Wildman–Crippen LogP) is 0.755. The monoisotopic (exact) mass is 235 g/mol. The Morgan fingerprint density at radius 3 is 2.94 bits per heavy atom. The fraction of sp³-hybridized carbons (Fsp3) is 0.833. The van der Waals surface area contributed by atoms with Gasteiger partial charge >= 0.3 is 0 Å². The van der Waals surface area contributed by atoms with Gasteiger partial charge in [-0.1, -0.05) is 12.8 Å². The average Bonchev–Trinajstić information content (AvgIpc) is 2.95. The summed E-state index contributed by atoms with van der Waals surface area (Å²) in [6.07, 6.45) is 7.99. The van der Waals surface area contributed by atoms with Gasteiger partial charge in [-0.05, 0) is 19.3 Å². The number of nitrogens with zero attached hydrogens (tertiary/aromatic N) is 4. The quantitative estimate of drug-likeness (QED) is 0.840. The Morgan fingerprint density at radius 2 is 2.12 bits per heavy atom. The summed E-state index contributed by atoms with van der Waals surface area (Å²) in [6.45, 7) is 4.14. The number of hydrogen-bond acceptors (Lipinski definition) is 4. The molecule has 0 spiro atoms. The number of rotatable bonds is 3. The van der Waals surface area contributed by atoms with E-state index < -0.39 is 0 Å². The van der Waals surface area contributed by atoms with Gasteiger partial charge < -0.3 is 10.3 Å². The van der Waals surface area contributed by atoms with Gasteiger partial charge in [0.1, 0.15) is 12.2 Å². The van der Waals surface area contributed by atoms with E-state index in [0.717, 1.165) is 38.4 Å². The van der Waals surface area contributed by atoms with Crippen LogP contribution in [-0.2, 0) is 13.1 Å². The van der Waals surface area contributed by atoms with E-state index in [0.29, 0.717) is 0 Å². The average molecular weight is 235 g/mol. The summed E-state index contributed by atoms with van der Waals surface area (Å²) in [5.41, 5.74) is 6.51. The summed E-state index contributed by atoms with van der Waals surface area (Å²) in [5, 5.41) is 8.10. The molecule has 5 nitrogen and oxygen atoms in total. The highest BCUT2D eigenvalue weighted by molar-refractivity contribution is 4.93. The molecular formula is C12H21N5. The SMILES string of the molecule is NC1(CCN2CCn3cnnc3C2)CCCC1. The van der Waals surface area contributed by atoms with Gasteiger partial charge in [-0.25, -0.2) is 0 Å². The van der Waals surface area contributed by atoms with Crippen molar-refractivity contribution in [3.8, 4) is 0 Å². The molecule has 2 N–H and O–H groups in total. The van der Waals surface area contributed by atoms with Crippen LogP contribution >= 0.6 is 0 Å². The van der Waals surface area contributed by atoms with Gasteiger partial charge in [0.05, 0.1) is 6.54 Å². The summed E-state index contributed by atoms with van der Waals surface area (Å²) in [5.74, 6) is 1.09. The molecule has 1 aliphatic heterocycles. The maximum atomic E-state index is 6.39. The first-order valence-electron chi connectivity index (χ1n) is 6.63. The fourth-order valence-electron chi connectivity index (χ4n) is 3.02. The Balaban J connectivity index is 1.54. The lowest BCUT2D eigenvalue weighted by Gasteiger charge is -2.31. The van der Waals surface area contributed by atoms with Crippen LogP contribution in [0.4, 0.5) is 0 Å². The van der Waals surface area contributed by atoms with Crippen molar-refractivity contribution in [2.24, 2.45) is 5.73 Å². The van der Waals surface area contributed by atoms with Gasteiger partial charge in [-0.3, -0.25) is 4.90 Å². The van der Waals surface area contributed by atoms with Crippen molar-refractivity contribution >= 4 is 0 Å². The van der Waals surface area contributed by atoms with Crippen molar-refractivity contribution in [2.45, 2.75) is 50.7 Å². The van der Waals surface area contributed by atoms with E-state index in [1.54, 1.807) is 0 Å². The topological polar surface area (TPSA) is 60.0 Å². The second-order valence-corrected chi connectivity index (χ2v) is 5.54. The van der Waals surface area contributed by atoms with Gasteiger partial charge in [0.2, 0.25) is 0 Å². The lowest BCUT2D eigenvalue weighted by atomic mass is 9.94. The molecule has 3 rings (SSSR count). The lowest BCUT2D eigenvalue weighted by molar-refractivity contribution is 0.194. The molecule has 0 radical (unpaired) electrons. The maximum absolute atomic E-state index is 6.39. The van der Waals surface area contributed by atoms with Gasteiger partial charge in [0.25, 0.3) is 0 Å². The van der Waals surface area contributed by atoms with Crippen LogP contribution in [0.25, 0.3) is 0 Å². The standard InChI is InChI=1S/C12H21N5/c13-12(3-1-2-4-12)5-6-16-7-8-17-10-14-15-11(17)9-16/h10H,1-9,13H2. The highest BCUT2D eigenvalue weighted by Crippen LogP contribution is 2.30. The molecule has 2 aliphatic rings. The lowest BCUT2D eigenvalue weighted by Crippen LogP contribution is -2.42. The van der Waals surface area contributed by atoms with E-state index in [1.165, 1.54) is 25.7 Å². The van der Waals surface area contributed by atoms with Crippen molar-refractivity contribution in [1.82, 2.24) is 19.7 Å². The van der Waals surface area contributed by atoms with E-state index in [-0.39, 0.29) is 5.54 Å². The zero-order valence-corrected chi connectivity index (χ0v) is 10.3. The van der Waals surface area contributed by atoms with E-state index in [1.807, 2.05) is 6.33 Å². The summed E-state index contributed by atoms with van der Waals surface area (Å²) < 4.78 is 2.14. The van der Waals surface area contributed by atoms with Crippen LogP contribution in [0, 0.1) is 0 Å². The van der Waals surface area contributed by atoms with Crippen LogP contribution in [0.3, 0.4) is 0 Å². The van der Waals surface area contributed by atoms with Crippen molar-refractivity contribution in [2.75, 3.05) is 13.1 Å². The molecule has 0 unspecified atom stereocenters. The minimum atomic E-state index is 0.116. The van der Waals surface area contributed by atoms with Crippen molar-refractivity contribution in [3.63, 3.8) is 0 Å². The fourth-order valence-corrected chi connectivity index (χ4v) is 3.02. The van der Waals surface area contributed by atoms with Crippen LogP contribution in [-0.4, -0.2) is 38.3 Å². The maximum Gasteiger partial charge on any atom is 0.147 e. The van der Waals surface area contributed by atoms with Crippen molar-refractivity contribution in [3.05, 3.63) is 12.2 Å². The predicted molar refractivity (Wildman–Crippen MR) is 65.3 cm³/mol. The Labute approximate surface area is 102 Å². The van der Waals surface area contributed by atoms with E-state index in [2.05, 4.69) is 19.7 Å². The molecule has 5 heteroatoms. The van der Waals surface area contributed by atoms with Crippen molar-refractivity contribution in [1.29, 1.82) is 0 Å². The second kappa shape index (κ2) is 4.38. The Hall–Kier alpha value is -0.940. The van der Waals surface area contributed by atoms with E-state index >= 15 is 0 Å². The highest BCUT2D eigenvalue weighted by Gasteiger charge is 2.30. The summed E-state index contributed by atoms with van der Waals surface area (Å²) in [4.78, 5) is 2.46. The molecule has 1 aliphatic carbocycles. The van der Waals surface area contributed by atoms with Gasteiger partial charge in [-0.15, -0.1) is 10.2 Å². The number of hydrogen-bond donors (Lipinski definition) is 1. The molecular weight excluding hydrogens is 214 g/mol. The van der Waals surface area contributed by atoms with Crippen LogP contribution in [0.15, 0.2) is 6.33 Å². The number of aromatic nitrogens is 3. The summed E-state index contributed by atoms with van der Waals surface area (Å²) in [7, 11) is 0. The molecule has 1 fully saturated rings. The van der Waals surface area contributed by atoms with Crippen LogP contribution < -0.4 is 5.73 Å². The largest absolute Gasteiger partial charge is 0.325 e. The summed E-state index contributed by atoms with van der Waals surface area (Å²) >= 11 is 0. The number of nitrogens with two attached hydrogens (primary N) is 1. The minimum Gasteiger partial charge on any atom is -0.325 e. The Bertz CT molecular complexity index is 380. The molecule has 0 aromatic carbocycles. The molecule has 0 atom stereocenters. The van der Waals surface area contributed by atoms with Crippen LogP contribution in [0.2, 0.25) is 0 Å². The number of fused-ring (bicyclic) bond motifs is 1. The van der Waals surface area contributed by atoms with Gasteiger partial charge in [0.15, 0.2) is 0 Å². The third kappa shape index (κ3) is 2.35. The smallest absolute Gasteiger partial charge is 0.147 e. The van der Waals surface area contributed by atoms with Gasteiger partial charge in [0, 0.05) is 25.2 Å². The molecule has 1 aromatic heterocycles. The zero-order chi connectivity index (χ0) is 11.7. The first-order chi connectivity index (χ1) is 8.25. The Kier molecular flexibility index (Phi) is 2.88. The van der Waals surface area contributed by atoms with E-state index in [4.69, 9.17) is 5.73 Å². The molecule has 0 bridgehead atoms. The Morgan fingerprint density at radius 1 is 1.29 bits per heavy atom. The molecule has 17 heavy (non-hydrogen) atoms. The zero-order valence-electron chi connectivity index (χ0n) is 10.3. The molecule has 0 amide bonds. The molecule has 94 valence electrons. The van der Waals surface area contributed by atoms with Gasteiger partial charge in [-0.2, -0.15) is 0 Å². The van der Waals surface area contributed by atoms with E-state index in [9.17, 15) is 0 Å². The molecule has 1 saturated carbocycles. The molecule has 2 heterocycles. The minimum absolute atomic E-state index is 0.116. The van der Waals surface area contributed by atoms with Crippen molar-refractivity contribution < 1.29 is 0 Å². The summed E-state index contributed by atoms with van der Waals surface area (Å²) in [6, 6.07) is 0. The third-order valence-corrected chi connectivity index (χ3v) is 4.24. The van der Waals surface area contributed by atoms with Crippen LogP contribution in [0.5, 0.6) is 0 Å². The van der Waals surface area contributed by atoms with Crippen LogP contribution in [0.1, 0.15) is 37.9 Å². The molecule has 0 saturated heterocycles. The first kappa shape index (κ1) is 11.2. The molecule has 1 aromatic rings. The second-order valence-electron chi connectivity index (χ2n) is 5.54. The normalized spacial score (nSPS) is 23.8.